The first-order chi connectivity index (χ1) is 14.2. The molecule has 156 valence electrons. The molecule has 3 rings (SSSR count). The average molecular weight is 432 g/mol. The summed E-state index contributed by atoms with van der Waals surface area (Å²) in [5.74, 6) is -1.86. The maximum Gasteiger partial charge on any atom is 0.337 e. The highest BCUT2D eigenvalue weighted by Gasteiger charge is 2.28. The van der Waals surface area contributed by atoms with Crippen molar-refractivity contribution in [2.24, 2.45) is 0 Å². The highest BCUT2D eigenvalue weighted by molar-refractivity contribution is 7.92. The Bertz CT molecular complexity index is 1210. The fourth-order valence-corrected chi connectivity index (χ4v) is 3.85. The van der Waals surface area contributed by atoms with Crippen LogP contribution in [0.2, 0.25) is 0 Å². The van der Waals surface area contributed by atoms with Gasteiger partial charge in [0.05, 0.1) is 12.7 Å². The summed E-state index contributed by atoms with van der Waals surface area (Å²) < 4.78 is 45.4. The van der Waals surface area contributed by atoms with Crippen molar-refractivity contribution in [2.75, 3.05) is 17.1 Å². The van der Waals surface area contributed by atoms with Crippen molar-refractivity contribution in [1.82, 2.24) is 10.2 Å². The number of benzene rings is 2. The SMILES string of the molecule is COC(=O)c1cccc(NC(=O)c2c(S(=O)(=O)Nc3ccc(F)cc3)n[nH]c2C)c1. The largest absolute Gasteiger partial charge is 0.465 e. The number of ether oxygens (including phenoxy) is 1. The summed E-state index contributed by atoms with van der Waals surface area (Å²) in [6.45, 7) is 1.49. The zero-order chi connectivity index (χ0) is 21.9. The van der Waals surface area contributed by atoms with E-state index in [1.807, 2.05) is 0 Å². The van der Waals surface area contributed by atoms with Gasteiger partial charge < -0.3 is 10.1 Å². The number of amides is 1. The molecule has 0 saturated heterocycles. The van der Waals surface area contributed by atoms with E-state index in [1.54, 1.807) is 0 Å². The molecule has 0 bridgehead atoms. The standard InChI is InChI=1S/C19H17FN4O5S/c1-11-16(17(25)21-15-5-3-4-12(10-15)19(26)29-2)18(23-22-11)30(27,28)24-14-8-6-13(20)7-9-14/h3-10,24H,1-2H3,(H,21,25)(H,22,23). The summed E-state index contributed by atoms with van der Waals surface area (Å²) in [6, 6.07) is 10.6. The molecule has 0 unspecified atom stereocenters. The number of rotatable bonds is 6. The number of aromatic amines is 1. The molecule has 11 heteroatoms. The Balaban J connectivity index is 1.89. The van der Waals surface area contributed by atoms with Crippen molar-refractivity contribution in [2.45, 2.75) is 11.9 Å². The lowest BCUT2D eigenvalue weighted by Crippen LogP contribution is -2.20. The van der Waals surface area contributed by atoms with Crippen molar-refractivity contribution in [3.8, 4) is 0 Å². The average Bonchev–Trinajstić information content (AvgIpc) is 3.12. The van der Waals surface area contributed by atoms with Crippen LogP contribution in [0.4, 0.5) is 15.8 Å². The number of hydrogen-bond acceptors (Lipinski definition) is 6. The van der Waals surface area contributed by atoms with Crippen LogP contribution in [0.15, 0.2) is 53.6 Å². The van der Waals surface area contributed by atoms with Crippen molar-refractivity contribution in [1.29, 1.82) is 0 Å². The third-order valence-electron chi connectivity index (χ3n) is 4.03. The number of aryl methyl sites for hydroxylation is 1. The summed E-state index contributed by atoms with van der Waals surface area (Å²) in [7, 11) is -3.02. The first kappa shape index (κ1) is 21.0. The van der Waals surface area contributed by atoms with E-state index in [1.165, 1.54) is 50.4 Å². The van der Waals surface area contributed by atoms with Crippen LogP contribution in [-0.2, 0) is 14.8 Å². The molecule has 0 spiro atoms. The number of anilines is 2. The minimum absolute atomic E-state index is 0.106. The number of halogens is 1. The fraction of sp³-hybridized carbons (Fsp3) is 0.105. The monoisotopic (exact) mass is 432 g/mol. The van der Waals surface area contributed by atoms with Crippen molar-refractivity contribution in [3.05, 3.63) is 71.2 Å². The van der Waals surface area contributed by atoms with E-state index in [9.17, 15) is 22.4 Å². The lowest BCUT2D eigenvalue weighted by atomic mass is 10.2. The minimum Gasteiger partial charge on any atom is -0.465 e. The fourth-order valence-electron chi connectivity index (χ4n) is 2.63. The molecule has 3 N–H and O–H groups in total. The van der Waals surface area contributed by atoms with Gasteiger partial charge in [0.1, 0.15) is 11.4 Å². The molecule has 0 atom stereocenters. The quantitative estimate of drug-likeness (QED) is 0.514. The maximum atomic E-state index is 13.0. The van der Waals surface area contributed by atoms with Gasteiger partial charge in [-0.2, -0.15) is 13.5 Å². The predicted molar refractivity (Wildman–Crippen MR) is 106 cm³/mol. The third-order valence-corrected chi connectivity index (χ3v) is 5.34. The Hall–Kier alpha value is -3.73. The number of aromatic nitrogens is 2. The summed E-state index contributed by atoms with van der Waals surface area (Å²) in [4.78, 5) is 24.4. The van der Waals surface area contributed by atoms with Gasteiger partial charge in [-0.25, -0.2) is 9.18 Å². The highest BCUT2D eigenvalue weighted by Crippen LogP contribution is 2.22. The van der Waals surface area contributed by atoms with Crippen LogP contribution in [0.3, 0.4) is 0 Å². The Kier molecular flexibility index (Phi) is 5.83. The number of carbonyl (C=O) groups excluding carboxylic acids is 2. The molecule has 0 fully saturated rings. The van der Waals surface area contributed by atoms with Crippen LogP contribution in [0.25, 0.3) is 0 Å². The molecule has 1 amide bonds. The van der Waals surface area contributed by atoms with Gasteiger partial charge in [-0.15, -0.1) is 0 Å². The molecule has 0 aliphatic carbocycles. The van der Waals surface area contributed by atoms with Crippen LogP contribution in [-0.4, -0.2) is 37.6 Å². The summed E-state index contributed by atoms with van der Waals surface area (Å²) >= 11 is 0. The van der Waals surface area contributed by atoms with Crippen molar-refractivity contribution < 1.29 is 27.1 Å². The topological polar surface area (TPSA) is 130 Å². The van der Waals surface area contributed by atoms with Crippen molar-refractivity contribution >= 4 is 33.3 Å². The second-order valence-electron chi connectivity index (χ2n) is 6.17. The van der Waals surface area contributed by atoms with Gasteiger partial charge in [-0.1, -0.05) is 6.07 Å². The second-order valence-corrected chi connectivity index (χ2v) is 7.77. The Labute approximate surface area is 171 Å². The van der Waals surface area contributed by atoms with E-state index >= 15 is 0 Å². The number of nitrogens with zero attached hydrogens (tertiary/aromatic N) is 1. The van der Waals surface area contributed by atoms with Gasteiger partial charge in [0, 0.05) is 17.1 Å². The number of carbonyl (C=O) groups is 2. The van der Waals surface area contributed by atoms with Gasteiger partial charge in [0.2, 0.25) is 5.03 Å². The van der Waals surface area contributed by atoms with E-state index in [2.05, 4.69) is 25.0 Å². The molecular weight excluding hydrogens is 415 g/mol. The summed E-state index contributed by atoms with van der Waals surface area (Å²) in [6.07, 6.45) is 0. The van der Waals surface area contributed by atoms with Crippen LogP contribution in [0.1, 0.15) is 26.4 Å². The first-order valence-corrected chi connectivity index (χ1v) is 10.0. The molecule has 0 aliphatic heterocycles. The highest BCUT2D eigenvalue weighted by atomic mass is 32.2. The zero-order valence-electron chi connectivity index (χ0n) is 15.9. The number of hydrogen-bond donors (Lipinski definition) is 3. The second kappa shape index (κ2) is 8.33. The van der Waals surface area contributed by atoms with E-state index in [4.69, 9.17) is 0 Å². The molecule has 0 radical (unpaired) electrons. The van der Waals surface area contributed by atoms with Crippen LogP contribution < -0.4 is 10.0 Å². The molecule has 1 aromatic heterocycles. The lowest BCUT2D eigenvalue weighted by Gasteiger charge is -2.10. The van der Waals surface area contributed by atoms with Gasteiger partial charge >= 0.3 is 5.97 Å². The summed E-state index contributed by atoms with van der Waals surface area (Å²) in [5, 5.41) is 8.24. The molecule has 30 heavy (non-hydrogen) atoms. The van der Waals surface area contributed by atoms with E-state index in [-0.39, 0.29) is 28.2 Å². The predicted octanol–water partition coefficient (Wildman–Crippen LogP) is 2.70. The van der Waals surface area contributed by atoms with E-state index < -0.39 is 32.7 Å². The first-order valence-electron chi connectivity index (χ1n) is 8.54. The molecule has 2 aromatic carbocycles. The molecule has 3 aromatic rings. The molecular formula is C19H17FN4O5S. The smallest absolute Gasteiger partial charge is 0.337 e. The molecule has 9 nitrogen and oxygen atoms in total. The Morgan fingerprint density at radius 3 is 2.47 bits per heavy atom. The van der Waals surface area contributed by atoms with E-state index in [0.717, 1.165) is 12.1 Å². The van der Waals surface area contributed by atoms with Gasteiger partial charge in [-0.3, -0.25) is 14.6 Å². The van der Waals surface area contributed by atoms with Crippen molar-refractivity contribution in [3.63, 3.8) is 0 Å². The normalized spacial score (nSPS) is 11.0. The number of H-pyrrole nitrogens is 1. The lowest BCUT2D eigenvalue weighted by molar-refractivity contribution is 0.0600. The number of methoxy groups -OCH3 is 1. The third kappa shape index (κ3) is 4.46. The number of sulfonamides is 1. The van der Waals surface area contributed by atoms with Gasteiger partial charge in [0.25, 0.3) is 15.9 Å². The molecule has 1 heterocycles. The van der Waals surface area contributed by atoms with Gasteiger partial charge in [0.15, 0.2) is 0 Å². The minimum atomic E-state index is -4.25. The van der Waals surface area contributed by atoms with Crippen LogP contribution in [0.5, 0.6) is 0 Å². The molecule has 0 aliphatic rings. The maximum absolute atomic E-state index is 13.0. The van der Waals surface area contributed by atoms with Gasteiger partial charge in [-0.05, 0) is 49.4 Å². The Morgan fingerprint density at radius 2 is 1.80 bits per heavy atom. The van der Waals surface area contributed by atoms with Crippen LogP contribution in [0, 0.1) is 12.7 Å². The van der Waals surface area contributed by atoms with E-state index in [0.29, 0.717) is 0 Å². The number of esters is 1. The number of nitrogens with one attached hydrogen (secondary N) is 3. The van der Waals surface area contributed by atoms with Crippen LogP contribution >= 0.6 is 0 Å². The zero-order valence-corrected chi connectivity index (χ0v) is 16.7. The summed E-state index contributed by atoms with van der Waals surface area (Å²) in [5.41, 5.74) is 0.599. The Morgan fingerprint density at radius 1 is 1.10 bits per heavy atom. The molecule has 0 saturated carbocycles.